The number of amides is 1. The summed E-state index contributed by atoms with van der Waals surface area (Å²) in [6.45, 7) is 8.94. The molecule has 2 aliphatic heterocycles. The Kier molecular flexibility index (Phi) is 4.27. The Morgan fingerprint density at radius 1 is 1.14 bits per heavy atom. The number of nitrogens with one attached hydrogen (secondary N) is 1. The molecule has 1 aromatic rings. The average Bonchev–Trinajstić information content (AvgIpc) is 2.54. The molecule has 0 bridgehead atoms. The van der Waals surface area contributed by atoms with Crippen LogP contribution in [0.1, 0.15) is 25.0 Å². The zero-order valence-electron chi connectivity index (χ0n) is 13.0. The normalized spacial score (nSPS) is 23.2. The number of nitrogens with zero attached hydrogens (tertiary/aromatic N) is 2. The maximum absolute atomic E-state index is 12.7. The Morgan fingerprint density at radius 3 is 2.48 bits per heavy atom. The van der Waals surface area contributed by atoms with E-state index in [4.69, 9.17) is 0 Å². The third-order valence-electron chi connectivity index (χ3n) is 4.74. The predicted molar refractivity (Wildman–Crippen MR) is 84.1 cm³/mol. The van der Waals surface area contributed by atoms with Crippen molar-refractivity contribution in [2.24, 2.45) is 0 Å². The molecule has 1 atom stereocenters. The second-order valence-corrected chi connectivity index (χ2v) is 6.36. The van der Waals surface area contributed by atoms with Crippen LogP contribution in [0.25, 0.3) is 0 Å². The molecular formula is C17H25N3O. The molecule has 114 valence electrons. The summed E-state index contributed by atoms with van der Waals surface area (Å²) in [7, 11) is 0. The van der Waals surface area contributed by atoms with E-state index in [1.54, 1.807) is 0 Å². The van der Waals surface area contributed by atoms with Gasteiger partial charge in [0.2, 0.25) is 5.91 Å². The van der Waals surface area contributed by atoms with Crippen molar-refractivity contribution in [2.45, 2.75) is 38.9 Å². The number of hydrogen-bond donors (Lipinski definition) is 1. The molecule has 1 fully saturated rings. The van der Waals surface area contributed by atoms with E-state index in [0.29, 0.717) is 6.04 Å². The molecule has 0 aliphatic carbocycles. The van der Waals surface area contributed by atoms with E-state index < -0.39 is 0 Å². The SMILES string of the molecule is CC(C)N1CCN(C(=O)C2Cc3ccccc3CN2)CC1. The fourth-order valence-electron chi connectivity index (χ4n) is 3.31. The number of rotatable bonds is 2. The maximum atomic E-state index is 12.7. The Balaban J connectivity index is 1.60. The zero-order chi connectivity index (χ0) is 14.8. The molecule has 0 spiro atoms. The van der Waals surface area contributed by atoms with Crippen LogP contribution in [-0.4, -0.2) is 54.0 Å². The first-order chi connectivity index (χ1) is 10.1. The van der Waals surface area contributed by atoms with Crippen molar-refractivity contribution in [1.29, 1.82) is 0 Å². The van der Waals surface area contributed by atoms with Crippen molar-refractivity contribution in [1.82, 2.24) is 15.1 Å². The minimum absolute atomic E-state index is 0.0505. The van der Waals surface area contributed by atoms with Gasteiger partial charge in [0, 0.05) is 38.8 Å². The molecule has 2 aliphatic rings. The average molecular weight is 287 g/mol. The number of carbonyl (C=O) groups is 1. The van der Waals surface area contributed by atoms with Gasteiger partial charge in [-0.1, -0.05) is 24.3 Å². The van der Waals surface area contributed by atoms with Crippen LogP contribution < -0.4 is 5.32 Å². The van der Waals surface area contributed by atoms with E-state index in [9.17, 15) is 4.79 Å². The summed E-state index contributed by atoms with van der Waals surface area (Å²) in [5.41, 5.74) is 2.64. The van der Waals surface area contributed by atoms with Gasteiger partial charge in [-0.15, -0.1) is 0 Å². The van der Waals surface area contributed by atoms with E-state index in [-0.39, 0.29) is 11.9 Å². The summed E-state index contributed by atoms with van der Waals surface area (Å²) in [6.07, 6.45) is 0.819. The summed E-state index contributed by atoms with van der Waals surface area (Å²) in [4.78, 5) is 17.2. The number of benzene rings is 1. The van der Waals surface area contributed by atoms with E-state index in [1.807, 2.05) is 4.90 Å². The smallest absolute Gasteiger partial charge is 0.240 e. The van der Waals surface area contributed by atoms with Crippen LogP contribution in [0.2, 0.25) is 0 Å². The summed E-state index contributed by atoms with van der Waals surface area (Å²) >= 11 is 0. The third-order valence-corrected chi connectivity index (χ3v) is 4.74. The van der Waals surface area contributed by atoms with Crippen LogP contribution in [0.3, 0.4) is 0 Å². The molecule has 1 amide bonds. The van der Waals surface area contributed by atoms with Gasteiger partial charge >= 0.3 is 0 Å². The van der Waals surface area contributed by atoms with Gasteiger partial charge in [-0.3, -0.25) is 9.69 Å². The summed E-state index contributed by atoms with van der Waals surface area (Å²) in [6, 6.07) is 8.94. The van der Waals surface area contributed by atoms with Crippen molar-refractivity contribution >= 4 is 5.91 Å². The first kappa shape index (κ1) is 14.5. The van der Waals surface area contributed by atoms with E-state index >= 15 is 0 Å². The Hall–Kier alpha value is -1.39. The van der Waals surface area contributed by atoms with Crippen molar-refractivity contribution in [2.75, 3.05) is 26.2 Å². The zero-order valence-corrected chi connectivity index (χ0v) is 13.0. The maximum Gasteiger partial charge on any atom is 0.240 e. The molecule has 0 saturated carbocycles. The highest BCUT2D eigenvalue weighted by Gasteiger charge is 2.30. The minimum Gasteiger partial charge on any atom is -0.339 e. The van der Waals surface area contributed by atoms with Crippen LogP contribution in [0.4, 0.5) is 0 Å². The summed E-state index contributed by atoms with van der Waals surface area (Å²) in [5.74, 6) is 0.271. The molecule has 1 unspecified atom stereocenters. The highest BCUT2D eigenvalue weighted by atomic mass is 16.2. The van der Waals surface area contributed by atoms with Gasteiger partial charge in [-0.2, -0.15) is 0 Å². The highest BCUT2D eigenvalue weighted by molar-refractivity contribution is 5.82. The molecule has 3 rings (SSSR count). The van der Waals surface area contributed by atoms with Gasteiger partial charge in [0.1, 0.15) is 0 Å². The molecular weight excluding hydrogens is 262 g/mol. The number of carbonyl (C=O) groups excluding carboxylic acids is 1. The predicted octanol–water partition coefficient (Wildman–Crippen LogP) is 1.25. The van der Waals surface area contributed by atoms with Crippen LogP contribution in [0, 0.1) is 0 Å². The lowest BCUT2D eigenvalue weighted by molar-refractivity contribution is -0.135. The van der Waals surface area contributed by atoms with Crippen molar-refractivity contribution in [3.05, 3.63) is 35.4 Å². The quantitative estimate of drug-likeness (QED) is 0.889. The van der Waals surface area contributed by atoms with Crippen LogP contribution in [0.5, 0.6) is 0 Å². The topological polar surface area (TPSA) is 35.6 Å². The molecule has 1 N–H and O–H groups in total. The lowest BCUT2D eigenvalue weighted by Crippen LogP contribution is -2.56. The van der Waals surface area contributed by atoms with E-state index in [1.165, 1.54) is 11.1 Å². The van der Waals surface area contributed by atoms with Gasteiger partial charge in [0.05, 0.1) is 6.04 Å². The standard InChI is InChI=1S/C17H25N3O/c1-13(2)19-7-9-20(10-8-19)17(21)16-11-14-5-3-4-6-15(14)12-18-16/h3-6,13,16,18H,7-12H2,1-2H3. The van der Waals surface area contributed by atoms with Crippen LogP contribution in [-0.2, 0) is 17.8 Å². The second-order valence-electron chi connectivity index (χ2n) is 6.36. The molecule has 2 heterocycles. The Labute approximate surface area is 127 Å². The lowest BCUT2D eigenvalue weighted by Gasteiger charge is -2.39. The molecule has 1 saturated heterocycles. The monoisotopic (exact) mass is 287 g/mol. The lowest BCUT2D eigenvalue weighted by atomic mass is 9.95. The van der Waals surface area contributed by atoms with Gasteiger partial charge in [-0.25, -0.2) is 0 Å². The molecule has 21 heavy (non-hydrogen) atoms. The van der Waals surface area contributed by atoms with Gasteiger partial charge in [-0.05, 0) is 31.4 Å². The molecule has 4 nitrogen and oxygen atoms in total. The second kappa shape index (κ2) is 6.16. The third kappa shape index (κ3) is 3.11. The first-order valence-corrected chi connectivity index (χ1v) is 7.98. The van der Waals surface area contributed by atoms with E-state index in [2.05, 4.69) is 48.3 Å². The van der Waals surface area contributed by atoms with Crippen molar-refractivity contribution in [3.8, 4) is 0 Å². The van der Waals surface area contributed by atoms with E-state index in [0.717, 1.165) is 39.1 Å². The van der Waals surface area contributed by atoms with Gasteiger partial charge in [0.25, 0.3) is 0 Å². The van der Waals surface area contributed by atoms with Crippen LogP contribution in [0.15, 0.2) is 24.3 Å². The Bertz CT molecular complexity index is 507. The minimum atomic E-state index is -0.0505. The summed E-state index contributed by atoms with van der Waals surface area (Å²) < 4.78 is 0. The molecule has 0 radical (unpaired) electrons. The Morgan fingerprint density at radius 2 is 1.81 bits per heavy atom. The van der Waals surface area contributed by atoms with Gasteiger partial charge < -0.3 is 10.2 Å². The number of hydrogen-bond acceptors (Lipinski definition) is 3. The molecule has 4 heteroatoms. The van der Waals surface area contributed by atoms with Gasteiger partial charge in [0.15, 0.2) is 0 Å². The molecule has 0 aromatic heterocycles. The fourth-order valence-corrected chi connectivity index (χ4v) is 3.31. The van der Waals surface area contributed by atoms with Crippen LogP contribution >= 0.6 is 0 Å². The fraction of sp³-hybridized carbons (Fsp3) is 0.588. The first-order valence-electron chi connectivity index (χ1n) is 7.98. The van der Waals surface area contributed by atoms with Crippen molar-refractivity contribution in [3.63, 3.8) is 0 Å². The largest absolute Gasteiger partial charge is 0.339 e. The summed E-state index contributed by atoms with van der Waals surface area (Å²) in [5, 5.41) is 3.40. The number of piperazine rings is 1. The highest BCUT2D eigenvalue weighted by Crippen LogP contribution is 2.18. The van der Waals surface area contributed by atoms with Crippen molar-refractivity contribution < 1.29 is 4.79 Å². The molecule has 1 aromatic carbocycles. The number of fused-ring (bicyclic) bond motifs is 1.